The fourth-order valence-corrected chi connectivity index (χ4v) is 1.47. The van der Waals surface area contributed by atoms with Crippen molar-refractivity contribution < 1.29 is 4.79 Å². The van der Waals surface area contributed by atoms with Crippen LogP contribution in [0, 0.1) is 6.92 Å². The Balaban J connectivity index is 1.96. The lowest BCUT2D eigenvalue weighted by Crippen LogP contribution is -2.17. The molecule has 0 aromatic heterocycles. The fraction of sp³-hybridized carbons (Fsp3) is 0.0667. The monoisotopic (exact) mass is 238 g/mol. The Morgan fingerprint density at radius 1 is 1.06 bits per heavy atom. The number of rotatable bonds is 3. The van der Waals surface area contributed by atoms with Gasteiger partial charge in [-0.3, -0.25) is 4.79 Å². The third kappa shape index (κ3) is 3.28. The maximum absolute atomic E-state index is 11.7. The Morgan fingerprint density at radius 3 is 2.39 bits per heavy atom. The first-order valence-electron chi connectivity index (χ1n) is 5.71. The van der Waals surface area contributed by atoms with E-state index >= 15 is 0 Å². The molecule has 0 aliphatic heterocycles. The summed E-state index contributed by atoms with van der Waals surface area (Å²) in [5.74, 6) is -0.209. The lowest BCUT2D eigenvalue weighted by Gasteiger charge is -1.99. The zero-order valence-electron chi connectivity index (χ0n) is 10.1. The lowest BCUT2D eigenvalue weighted by atomic mass is 10.2. The quantitative estimate of drug-likeness (QED) is 0.648. The molecule has 0 aliphatic carbocycles. The Bertz CT molecular complexity index is 544. The molecule has 0 spiro atoms. The third-order valence-corrected chi connectivity index (χ3v) is 2.49. The van der Waals surface area contributed by atoms with E-state index < -0.39 is 0 Å². The van der Waals surface area contributed by atoms with Crippen LogP contribution in [0.5, 0.6) is 0 Å². The smallest absolute Gasteiger partial charge is 0.267 e. The number of aryl methyl sites for hydroxylation is 1. The van der Waals surface area contributed by atoms with Crippen LogP contribution in [0.3, 0.4) is 0 Å². The van der Waals surface area contributed by atoms with Gasteiger partial charge in [-0.1, -0.05) is 48.0 Å². The number of carbonyl (C=O) groups excluding carboxylic acids is 1. The Labute approximate surface area is 106 Å². The van der Waals surface area contributed by atoms with Gasteiger partial charge in [0.25, 0.3) is 5.91 Å². The minimum Gasteiger partial charge on any atom is -0.267 e. The summed E-state index contributed by atoms with van der Waals surface area (Å²) >= 11 is 0. The SMILES string of the molecule is Cc1ccc(/C=N\NC(=O)c2ccccc2)cc1. The van der Waals surface area contributed by atoms with Gasteiger partial charge in [-0.25, -0.2) is 5.43 Å². The fourth-order valence-electron chi connectivity index (χ4n) is 1.47. The van der Waals surface area contributed by atoms with Crippen molar-refractivity contribution in [3.8, 4) is 0 Å². The van der Waals surface area contributed by atoms with Crippen molar-refractivity contribution in [1.29, 1.82) is 0 Å². The van der Waals surface area contributed by atoms with Gasteiger partial charge in [0.05, 0.1) is 6.21 Å². The molecule has 0 radical (unpaired) electrons. The number of hydrogen-bond acceptors (Lipinski definition) is 2. The summed E-state index contributed by atoms with van der Waals surface area (Å²) in [6.07, 6.45) is 1.63. The molecule has 18 heavy (non-hydrogen) atoms. The van der Waals surface area contributed by atoms with Crippen LogP contribution in [0.25, 0.3) is 0 Å². The topological polar surface area (TPSA) is 41.5 Å². The van der Waals surface area contributed by atoms with Gasteiger partial charge in [0, 0.05) is 5.56 Å². The van der Waals surface area contributed by atoms with E-state index in [-0.39, 0.29) is 5.91 Å². The Kier molecular flexibility index (Phi) is 3.86. The minimum atomic E-state index is -0.209. The summed E-state index contributed by atoms with van der Waals surface area (Å²) in [5, 5.41) is 3.92. The highest BCUT2D eigenvalue weighted by molar-refractivity contribution is 5.94. The Hall–Kier alpha value is -2.42. The Morgan fingerprint density at radius 2 is 1.72 bits per heavy atom. The zero-order chi connectivity index (χ0) is 12.8. The van der Waals surface area contributed by atoms with Crippen LogP contribution in [-0.4, -0.2) is 12.1 Å². The van der Waals surface area contributed by atoms with Crippen LogP contribution >= 0.6 is 0 Å². The van der Waals surface area contributed by atoms with E-state index in [1.165, 1.54) is 5.56 Å². The molecule has 0 bridgehead atoms. The van der Waals surface area contributed by atoms with Crippen LogP contribution in [0.15, 0.2) is 59.7 Å². The van der Waals surface area contributed by atoms with Crippen LogP contribution in [-0.2, 0) is 0 Å². The largest absolute Gasteiger partial charge is 0.271 e. The molecule has 0 unspecified atom stereocenters. The second-order valence-electron chi connectivity index (χ2n) is 3.98. The van der Waals surface area contributed by atoms with Gasteiger partial charge >= 0.3 is 0 Å². The van der Waals surface area contributed by atoms with Crippen LogP contribution in [0.1, 0.15) is 21.5 Å². The molecule has 3 heteroatoms. The maximum Gasteiger partial charge on any atom is 0.271 e. The second kappa shape index (κ2) is 5.77. The standard InChI is InChI=1S/C15H14N2O/c1-12-7-9-13(10-8-12)11-16-17-15(18)14-5-3-2-4-6-14/h2-11H,1H3,(H,17,18)/b16-11-. The van der Waals surface area contributed by atoms with E-state index in [9.17, 15) is 4.79 Å². The molecule has 90 valence electrons. The molecular formula is C15H14N2O. The maximum atomic E-state index is 11.7. The summed E-state index contributed by atoms with van der Waals surface area (Å²) in [6.45, 7) is 2.03. The number of benzene rings is 2. The predicted molar refractivity (Wildman–Crippen MR) is 72.7 cm³/mol. The van der Waals surface area contributed by atoms with E-state index in [4.69, 9.17) is 0 Å². The average Bonchev–Trinajstić information content (AvgIpc) is 2.42. The van der Waals surface area contributed by atoms with Gasteiger partial charge in [0.2, 0.25) is 0 Å². The molecule has 0 saturated carbocycles. The lowest BCUT2D eigenvalue weighted by molar-refractivity contribution is 0.0955. The van der Waals surface area contributed by atoms with Gasteiger partial charge in [-0.15, -0.1) is 0 Å². The number of nitrogens with one attached hydrogen (secondary N) is 1. The molecule has 0 heterocycles. The van der Waals surface area contributed by atoms with E-state index in [0.717, 1.165) is 5.56 Å². The van der Waals surface area contributed by atoms with E-state index in [1.54, 1.807) is 18.3 Å². The normalized spacial score (nSPS) is 10.5. The molecule has 3 nitrogen and oxygen atoms in total. The molecule has 0 aliphatic rings. The van der Waals surface area contributed by atoms with Crippen molar-refractivity contribution in [2.24, 2.45) is 5.10 Å². The summed E-state index contributed by atoms with van der Waals surface area (Å²) in [7, 11) is 0. The van der Waals surface area contributed by atoms with Crippen molar-refractivity contribution in [1.82, 2.24) is 5.43 Å². The van der Waals surface area contributed by atoms with Crippen LogP contribution < -0.4 is 5.43 Å². The highest BCUT2D eigenvalue weighted by atomic mass is 16.2. The van der Waals surface area contributed by atoms with E-state index in [1.807, 2.05) is 49.4 Å². The number of amides is 1. The summed E-state index contributed by atoms with van der Waals surface area (Å²) in [6, 6.07) is 16.9. The number of carbonyl (C=O) groups is 1. The predicted octanol–water partition coefficient (Wildman–Crippen LogP) is 2.76. The highest BCUT2D eigenvalue weighted by Gasteiger charge is 2.01. The number of nitrogens with zero attached hydrogens (tertiary/aromatic N) is 1. The molecule has 2 aromatic rings. The van der Waals surface area contributed by atoms with E-state index in [2.05, 4.69) is 10.5 Å². The minimum absolute atomic E-state index is 0.209. The van der Waals surface area contributed by atoms with Crippen molar-refractivity contribution in [2.45, 2.75) is 6.92 Å². The second-order valence-corrected chi connectivity index (χ2v) is 3.98. The molecule has 1 amide bonds. The molecule has 2 aromatic carbocycles. The number of hydrogen-bond donors (Lipinski definition) is 1. The number of hydrazone groups is 1. The molecule has 2 rings (SSSR count). The first kappa shape index (κ1) is 12.0. The van der Waals surface area contributed by atoms with Gasteiger partial charge in [0.15, 0.2) is 0 Å². The first-order valence-corrected chi connectivity index (χ1v) is 5.71. The molecule has 0 fully saturated rings. The first-order chi connectivity index (χ1) is 8.75. The molecule has 1 N–H and O–H groups in total. The van der Waals surface area contributed by atoms with Gasteiger partial charge < -0.3 is 0 Å². The summed E-state index contributed by atoms with van der Waals surface area (Å²) < 4.78 is 0. The molecule has 0 atom stereocenters. The van der Waals surface area contributed by atoms with Crippen molar-refractivity contribution >= 4 is 12.1 Å². The van der Waals surface area contributed by atoms with Crippen molar-refractivity contribution in [3.63, 3.8) is 0 Å². The molecular weight excluding hydrogens is 224 g/mol. The summed E-state index contributed by atoms with van der Waals surface area (Å²) in [5.41, 5.74) is 5.24. The van der Waals surface area contributed by atoms with Crippen molar-refractivity contribution in [3.05, 3.63) is 71.3 Å². The van der Waals surface area contributed by atoms with Crippen LogP contribution in [0.4, 0.5) is 0 Å². The van der Waals surface area contributed by atoms with E-state index in [0.29, 0.717) is 5.56 Å². The van der Waals surface area contributed by atoms with Crippen molar-refractivity contribution in [2.75, 3.05) is 0 Å². The van der Waals surface area contributed by atoms with Gasteiger partial charge in [-0.05, 0) is 24.6 Å². The zero-order valence-corrected chi connectivity index (χ0v) is 10.1. The van der Waals surface area contributed by atoms with Gasteiger partial charge in [-0.2, -0.15) is 5.10 Å². The molecule has 0 saturated heterocycles. The highest BCUT2D eigenvalue weighted by Crippen LogP contribution is 2.00. The average molecular weight is 238 g/mol. The summed E-state index contributed by atoms with van der Waals surface area (Å²) in [4.78, 5) is 11.7. The third-order valence-electron chi connectivity index (χ3n) is 2.49. The van der Waals surface area contributed by atoms with Crippen LogP contribution in [0.2, 0.25) is 0 Å². The van der Waals surface area contributed by atoms with Gasteiger partial charge in [0.1, 0.15) is 0 Å².